The molecule has 0 saturated heterocycles. The Hall–Kier alpha value is -13.0. The van der Waals surface area contributed by atoms with Crippen molar-refractivity contribution >= 4 is 131 Å². The first-order valence-corrected chi connectivity index (χ1v) is 38.8. The molecule has 7 heterocycles. The number of fused-ring (bicyclic) bond motifs is 12. The van der Waals surface area contributed by atoms with Crippen LogP contribution in [0.5, 0.6) is 0 Å². The van der Waals surface area contributed by atoms with E-state index in [1.54, 1.807) is 68.8 Å². The Bertz CT molecular complexity index is 6830. The predicted octanol–water partition coefficient (Wildman–Crippen LogP) is 23.8. The molecule has 1 radical (unpaired) electrons. The maximum atomic E-state index is 10.8. The summed E-state index contributed by atoms with van der Waals surface area (Å²) in [5.74, 6) is 3.59. The molecule has 20 rings (SSSR count). The molecule has 12 nitrogen and oxygen atoms in total. The number of benzene rings is 13. The van der Waals surface area contributed by atoms with Crippen LogP contribution in [-0.4, -0.2) is 73.6 Å². The smallest absolute Gasteiger partial charge is 0.330 e. The highest BCUT2D eigenvalue weighted by atomic mass is 35.5. The first kappa shape index (κ1) is 70.7. The molecule has 13 aromatic carbocycles. The molecule has 535 valence electrons. The van der Waals surface area contributed by atoms with Gasteiger partial charge in [0, 0.05) is 61.4 Å². The van der Waals surface area contributed by atoms with Crippen LogP contribution >= 0.6 is 34.3 Å². The maximum absolute atomic E-state index is 10.8. The molecule has 0 atom stereocenters. The molecule has 0 aliphatic carbocycles. The van der Waals surface area contributed by atoms with Gasteiger partial charge in [0.2, 0.25) is 0 Å². The molecule has 0 spiro atoms. The average Bonchev–Trinajstić information content (AvgIpc) is 1.20. The molecule has 20 aromatic rings. The van der Waals surface area contributed by atoms with E-state index < -0.39 is 11.2 Å². The Balaban J connectivity index is 0.000000133. The minimum atomic E-state index is -1.07. The van der Waals surface area contributed by atoms with E-state index in [9.17, 15) is 5.11 Å². The number of hydrogen-bond acceptors (Lipinski definition) is 14. The van der Waals surface area contributed by atoms with Gasteiger partial charge < -0.3 is 9.76 Å². The number of hydrogen-bond donors (Lipinski definition) is 1. The third-order valence-electron chi connectivity index (χ3n) is 20.4. The summed E-state index contributed by atoms with van der Waals surface area (Å²) in [7, 11) is 1.73. The van der Waals surface area contributed by atoms with E-state index in [1.807, 2.05) is 153 Å². The minimum absolute atomic E-state index is 0.557. The van der Waals surface area contributed by atoms with Gasteiger partial charge in [0.05, 0.1) is 41.5 Å². The van der Waals surface area contributed by atoms with Gasteiger partial charge >= 0.3 is 7.48 Å². The zero-order valence-electron chi connectivity index (χ0n) is 61.3. The Labute approximate surface area is 659 Å². The summed E-state index contributed by atoms with van der Waals surface area (Å²) in [6.07, 6.45) is 5.17. The van der Waals surface area contributed by atoms with E-state index in [0.717, 1.165) is 124 Å². The number of nitrogens with zero attached hydrogens (tertiary/aromatic N) is 10. The summed E-state index contributed by atoms with van der Waals surface area (Å²) in [5.41, 5.74) is 13.2. The van der Waals surface area contributed by atoms with Gasteiger partial charge in [0.1, 0.15) is 17.4 Å². The fourth-order valence-electron chi connectivity index (χ4n) is 14.1. The highest BCUT2D eigenvalue weighted by molar-refractivity contribution is 7.26. The normalized spacial score (nSPS) is 11.7. The molecule has 112 heavy (non-hydrogen) atoms. The fraction of sp³-hybridized carbons (Fsp3) is 0.0625. The number of aromatic nitrogens is 10. The van der Waals surface area contributed by atoms with Crippen LogP contribution in [0.4, 0.5) is 0 Å². The number of rotatable bonds is 13. The van der Waals surface area contributed by atoms with Gasteiger partial charge in [0.25, 0.3) is 0 Å². The van der Waals surface area contributed by atoms with Crippen LogP contribution in [0.3, 0.4) is 0 Å². The van der Waals surface area contributed by atoms with Gasteiger partial charge in [-0.25, -0.2) is 39.9 Å². The second-order valence-electron chi connectivity index (χ2n) is 28.3. The SMILES string of the molecule is CC(C)(O)C(C)(C)O[B]c1cc(-c2nc(-c3ccccc3)nc(-c3ccccc3)n2)cc(-c2cc3ccccc3c3ccccc23)c1.Clc1ccnc2c1sc1cccnc12.c1ccc(-c2nc(-c3ccccc3)nc(-c3cc(-c4cc5ccccc5c5ccccc45)cc(-c4ncnc5c4sc4ccccc45)c3)n2)cc1. The molecule has 0 aliphatic rings. The van der Waals surface area contributed by atoms with Crippen molar-refractivity contribution < 1.29 is 9.76 Å². The van der Waals surface area contributed by atoms with E-state index in [2.05, 4.69) is 174 Å². The molecule has 0 saturated carbocycles. The van der Waals surface area contributed by atoms with Crippen LogP contribution in [0.15, 0.2) is 328 Å². The lowest BCUT2D eigenvalue weighted by atomic mass is 9.80. The molecule has 0 unspecified atom stereocenters. The summed E-state index contributed by atoms with van der Waals surface area (Å²) in [5, 5.41) is 22.2. The van der Waals surface area contributed by atoms with Crippen LogP contribution in [0.25, 0.3) is 186 Å². The van der Waals surface area contributed by atoms with E-state index in [1.165, 1.54) is 37.0 Å². The van der Waals surface area contributed by atoms with E-state index in [4.69, 9.17) is 56.1 Å². The molecule has 1 N–H and O–H groups in total. The predicted molar refractivity (Wildman–Crippen MR) is 464 cm³/mol. The van der Waals surface area contributed by atoms with Crippen molar-refractivity contribution in [3.8, 4) is 102 Å². The maximum Gasteiger partial charge on any atom is 0.330 e. The number of pyridine rings is 2. The Kier molecular flexibility index (Phi) is 19.0. The summed E-state index contributed by atoms with van der Waals surface area (Å²) >= 11 is 9.43. The van der Waals surface area contributed by atoms with Gasteiger partial charge in [0.15, 0.2) is 34.9 Å². The summed E-state index contributed by atoms with van der Waals surface area (Å²) in [6, 6.07) is 106. The van der Waals surface area contributed by atoms with Gasteiger partial charge in [-0.3, -0.25) is 9.97 Å². The lowest BCUT2D eigenvalue weighted by Crippen LogP contribution is -2.49. The second-order valence-corrected chi connectivity index (χ2v) is 30.8. The van der Waals surface area contributed by atoms with Crippen molar-refractivity contribution in [1.82, 2.24) is 49.8 Å². The molecule has 0 amide bonds. The highest BCUT2D eigenvalue weighted by Gasteiger charge is 2.36. The average molecular weight is 1500 g/mol. The zero-order valence-corrected chi connectivity index (χ0v) is 63.7. The van der Waals surface area contributed by atoms with Gasteiger partial charge in [-0.15, -0.1) is 22.7 Å². The first-order valence-electron chi connectivity index (χ1n) is 36.8. The lowest BCUT2D eigenvalue weighted by molar-refractivity contribution is -0.0893. The van der Waals surface area contributed by atoms with Crippen molar-refractivity contribution in [2.45, 2.75) is 38.9 Å². The van der Waals surface area contributed by atoms with Gasteiger partial charge in [-0.1, -0.05) is 266 Å². The standard InChI is InChI=1S/C45H27N5S.C41H35BN3O2.C10H5ClN2S/c1-3-13-28(14-4-1)43-48-44(29-15-5-2-6-16-29)50-45(49-43)33-24-31(38-26-30-17-7-8-18-34(30)35-19-9-10-20-36(35)38)23-32(25-33)40-42-41(47-27-46-40)37-21-11-12-22-39(37)51-42;1-40(2,46)41(3,4)47-42-32-24-30(36-26-29-19-11-12-20-33(29)34-21-13-14-22-35(34)36)23-31(25-32)39-44-37(27-15-7-5-8-16-27)43-38(45-39)28-17-9-6-10-18-28;11-6-3-5-13-9-8-7(14-10(6)9)2-1-4-12-8/h1-27H;5-26,46H,1-4H3;1-5H. The topological polar surface area (TPSA) is 158 Å². The van der Waals surface area contributed by atoms with Crippen molar-refractivity contribution in [3.63, 3.8) is 0 Å². The molecule has 0 fully saturated rings. The monoisotopic (exact) mass is 1500 g/mol. The first-order chi connectivity index (χ1) is 54.8. The molecule has 0 aliphatic heterocycles. The molecular formula is C96H67BClN10O2S2. The number of aliphatic hydroxyl groups is 1. The van der Waals surface area contributed by atoms with Crippen molar-refractivity contribution in [3.05, 3.63) is 333 Å². The van der Waals surface area contributed by atoms with E-state index >= 15 is 0 Å². The second kappa shape index (κ2) is 30.1. The zero-order chi connectivity index (χ0) is 75.9. The highest BCUT2D eigenvalue weighted by Crippen LogP contribution is 2.44. The van der Waals surface area contributed by atoms with Gasteiger partial charge in [-0.05, 0) is 154 Å². The molecule has 7 aromatic heterocycles. The fourth-order valence-corrected chi connectivity index (χ4v) is 16.5. The summed E-state index contributed by atoms with van der Waals surface area (Å²) in [6.45, 7) is 7.28. The molecule has 0 bridgehead atoms. The van der Waals surface area contributed by atoms with E-state index in [0.29, 0.717) is 34.9 Å². The Morgan fingerprint density at radius 3 is 1.23 bits per heavy atom. The largest absolute Gasteiger partial charge is 0.427 e. The third kappa shape index (κ3) is 14.1. The Morgan fingerprint density at radius 1 is 0.321 bits per heavy atom. The molecule has 16 heteroatoms. The lowest BCUT2D eigenvalue weighted by Gasteiger charge is -2.37. The number of thiophene rings is 2. The van der Waals surface area contributed by atoms with Gasteiger partial charge in [-0.2, -0.15) is 0 Å². The van der Waals surface area contributed by atoms with Crippen LogP contribution in [-0.2, 0) is 4.65 Å². The number of halogens is 1. The Morgan fingerprint density at radius 2 is 0.714 bits per heavy atom. The van der Waals surface area contributed by atoms with Crippen LogP contribution < -0.4 is 5.46 Å². The third-order valence-corrected chi connectivity index (χ3v) is 23.2. The van der Waals surface area contributed by atoms with Crippen molar-refractivity contribution in [1.29, 1.82) is 0 Å². The quantitative estimate of drug-likeness (QED) is 0.0861. The van der Waals surface area contributed by atoms with Crippen molar-refractivity contribution in [2.75, 3.05) is 0 Å². The minimum Gasteiger partial charge on any atom is -0.427 e. The summed E-state index contributed by atoms with van der Waals surface area (Å²) in [4.78, 5) is 48.4. The van der Waals surface area contributed by atoms with Crippen LogP contribution in [0, 0.1) is 0 Å². The summed E-state index contributed by atoms with van der Waals surface area (Å²) < 4.78 is 10.7. The van der Waals surface area contributed by atoms with E-state index in [-0.39, 0.29) is 0 Å². The molecular weight excluding hydrogens is 1440 g/mol. The van der Waals surface area contributed by atoms with Crippen LogP contribution in [0.2, 0.25) is 5.02 Å². The van der Waals surface area contributed by atoms with Crippen molar-refractivity contribution in [2.24, 2.45) is 0 Å². The van der Waals surface area contributed by atoms with Crippen LogP contribution in [0.1, 0.15) is 27.7 Å².